The first-order valence-corrected chi connectivity index (χ1v) is 6.61. The van der Waals surface area contributed by atoms with Crippen LogP contribution < -0.4 is 4.74 Å². The van der Waals surface area contributed by atoms with Crippen molar-refractivity contribution in [3.63, 3.8) is 0 Å². The summed E-state index contributed by atoms with van der Waals surface area (Å²) in [6.07, 6.45) is -0.171. The molecule has 2 rings (SSSR count). The van der Waals surface area contributed by atoms with Crippen molar-refractivity contribution >= 4 is 5.97 Å². The summed E-state index contributed by atoms with van der Waals surface area (Å²) in [5.74, 6) is -1.41. The highest BCUT2D eigenvalue weighted by atomic mass is 16.7. The van der Waals surface area contributed by atoms with E-state index in [1.807, 2.05) is 27.7 Å². The molecule has 0 aromatic carbocycles. The third-order valence-corrected chi connectivity index (χ3v) is 2.43. The van der Waals surface area contributed by atoms with E-state index in [1.165, 1.54) is 6.07 Å². The molecular weight excluding hydrogens is 262 g/mol. The van der Waals surface area contributed by atoms with Gasteiger partial charge in [-0.1, -0.05) is 19.9 Å². The molecular formula is C14H21NO5. The van der Waals surface area contributed by atoms with Gasteiger partial charge in [0.05, 0.1) is 6.61 Å². The molecule has 0 radical (unpaired) electrons. The van der Waals surface area contributed by atoms with Crippen molar-refractivity contribution in [1.82, 2.24) is 4.98 Å². The summed E-state index contributed by atoms with van der Waals surface area (Å²) in [6, 6.07) is 4.60. The van der Waals surface area contributed by atoms with Crippen LogP contribution in [-0.2, 0) is 9.47 Å². The summed E-state index contributed by atoms with van der Waals surface area (Å²) in [4.78, 5) is 14.6. The van der Waals surface area contributed by atoms with Crippen LogP contribution in [0.4, 0.5) is 0 Å². The van der Waals surface area contributed by atoms with Crippen LogP contribution in [0, 0.1) is 0 Å². The van der Waals surface area contributed by atoms with Crippen molar-refractivity contribution in [1.29, 1.82) is 0 Å². The molecule has 1 atom stereocenters. The molecule has 1 aliphatic heterocycles. The zero-order valence-electron chi connectivity index (χ0n) is 12.3. The average molecular weight is 283 g/mol. The van der Waals surface area contributed by atoms with Crippen LogP contribution in [0.2, 0.25) is 0 Å². The molecule has 1 N–H and O–H groups in total. The first kappa shape index (κ1) is 16.4. The zero-order valence-corrected chi connectivity index (χ0v) is 12.3. The number of aromatic carboxylic acids is 1. The van der Waals surface area contributed by atoms with E-state index in [0.29, 0.717) is 6.61 Å². The second-order valence-corrected chi connectivity index (χ2v) is 4.43. The van der Waals surface area contributed by atoms with E-state index < -0.39 is 11.8 Å². The molecule has 2 heterocycles. The van der Waals surface area contributed by atoms with Crippen molar-refractivity contribution < 1.29 is 24.1 Å². The van der Waals surface area contributed by atoms with Crippen molar-refractivity contribution in [2.45, 2.75) is 39.6 Å². The van der Waals surface area contributed by atoms with Gasteiger partial charge in [-0.2, -0.15) is 0 Å². The molecule has 112 valence electrons. The Kier molecular flexibility index (Phi) is 5.91. The Balaban J connectivity index is 0.000000956. The monoisotopic (exact) mass is 283 g/mol. The van der Waals surface area contributed by atoms with E-state index in [1.54, 1.807) is 12.1 Å². The Morgan fingerprint density at radius 2 is 2.20 bits per heavy atom. The quantitative estimate of drug-likeness (QED) is 0.913. The SMILES string of the molecule is CC.CC1(C)OCC(COc2cccc(C(=O)O)n2)O1. The number of nitrogens with zero attached hydrogens (tertiary/aromatic N) is 1. The second-order valence-electron chi connectivity index (χ2n) is 4.43. The summed E-state index contributed by atoms with van der Waals surface area (Å²) in [5.41, 5.74) is -0.0450. The lowest BCUT2D eigenvalue weighted by Gasteiger charge is -2.17. The number of carbonyl (C=O) groups is 1. The lowest BCUT2D eigenvalue weighted by atomic mass is 10.3. The molecule has 1 aromatic heterocycles. The Hall–Kier alpha value is -1.66. The van der Waals surface area contributed by atoms with Gasteiger partial charge in [0.1, 0.15) is 12.7 Å². The summed E-state index contributed by atoms with van der Waals surface area (Å²) in [7, 11) is 0. The van der Waals surface area contributed by atoms with Crippen LogP contribution in [0.1, 0.15) is 38.2 Å². The predicted octanol–water partition coefficient (Wildman–Crippen LogP) is 2.34. The van der Waals surface area contributed by atoms with E-state index in [9.17, 15) is 4.79 Å². The fourth-order valence-electron chi connectivity index (χ4n) is 1.64. The minimum atomic E-state index is -1.08. The zero-order chi connectivity index (χ0) is 15.2. The number of rotatable bonds is 4. The van der Waals surface area contributed by atoms with Crippen molar-refractivity contribution in [3.05, 3.63) is 23.9 Å². The Bertz CT molecular complexity index is 447. The summed E-state index contributed by atoms with van der Waals surface area (Å²) >= 11 is 0. The lowest BCUT2D eigenvalue weighted by Crippen LogP contribution is -2.25. The van der Waals surface area contributed by atoms with Gasteiger partial charge < -0.3 is 19.3 Å². The van der Waals surface area contributed by atoms with E-state index in [0.717, 1.165) is 0 Å². The number of hydrogen-bond donors (Lipinski definition) is 1. The standard InChI is InChI=1S/C12H15NO5.C2H6/c1-12(2)17-7-8(18-12)6-16-10-5-3-4-9(13-10)11(14)15;1-2/h3-5,8H,6-7H2,1-2H3,(H,14,15);1-2H3. The number of aromatic nitrogens is 1. The topological polar surface area (TPSA) is 77.9 Å². The first-order valence-electron chi connectivity index (χ1n) is 6.61. The fourth-order valence-corrected chi connectivity index (χ4v) is 1.64. The van der Waals surface area contributed by atoms with Crippen molar-refractivity contribution in [2.75, 3.05) is 13.2 Å². The average Bonchev–Trinajstić information content (AvgIpc) is 2.78. The Labute approximate surface area is 118 Å². The fraction of sp³-hybridized carbons (Fsp3) is 0.571. The van der Waals surface area contributed by atoms with Gasteiger partial charge in [0.15, 0.2) is 11.5 Å². The van der Waals surface area contributed by atoms with E-state index in [4.69, 9.17) is 19.3 Å². The molecule has 0 bridgehead atoms. The molecule has 1 aromatic rings. The van der Waals surface area contributed by atoms with Crippen molar-refractivity contribution in [3.8, 4) is 5.88 Å². The van der Waals surface area contributed by atoms with Crippen LogP contribution in [0.3, 0.4) is 0 Å². The Morgan fingerprint density at radius 1 is 1.50 bits per heavy atom. The molecule has 0 saturated carbocycles. The summed E-state index contributed by atoms with van der Waals surface area (Å²) in [5, 5.41) is 8.79. The number of carboxylic acid groups (broad SMARTS) is 1. The van der Waals surface area contributed by atoms with Gasteiger partial charge in [-0.05, 0) is 19.9 Å². The van der Waals surface area contributed by atoms with E-state index in [-0.39, 0.29) is 24.3 Å². The van der Waals surface area contributed by atoms with Gasteiger partial charge in [-0.25, -0.2) is 9.78 Å². The van der Waals surface area contributed by atoms with Crippen molar-refractivity contribution in [2.24, 2.45) is 0 Å². The van der Waals surface area contributed by atoms with E-state index in [2.05, 4.69) is 4.98 Å². The third-order valence-electron chi connectivity index (χ3n) is 2.43. The number of carboxylic acids is 1. The van der Waals surface area contributed by atoms with Gasteiger partial charge in [0.25, 0.3) is 0 Å². The van der Waals surface area contributed by atoms with Gasteiger partial charge in [0, 0.05) is 6.07 Å². The maximum Gasteiger partial charge on any atom is 0.354 e. The van der Waals surface area contributed by atoms with Crippen LogP contribution in [0.5, 0.6) is 5.88 Å². The molecule has 1 saturated heterocycles. The molecule has 6 nitrogen and oxygen atoms in total. The highest BCUT2D eigenvalue weighted by molar-refractivity contribution is 5.85. The molecule has 0 spiro atoms. The number of hydrogen-bond acceptors (Lipinski definition) is 5. The minimum absolute atomic E-state index is 0.0450. The highest BCUT2D eigenvalue weighted by Gasteiger charge is 2.33. The molecule has 1 fully saturated rings. The maximum atomic E-state index is 10.7. The number of ether oxygens (including phenoxy) is 3. The van der Waals surface area contributed by atoms with Gasteiger partial charge in [-0.3, -0.25) is 0 Å². The van der Waals surface area contributed by atoms with Gasteiger partial charge in [0.2, 0.25) is 5.88 Å². The molecule has 1 aliphatic rings. The van der Waals surface area contributed by atoms with Gasteiger partial charge >= 0.3 is 5.97 Å². The third kappa shape index (κ3) is 4.79. The van der Waals surface area contributed by atoms with Crippen LogP contribution in [0.25, 0.3) is 0 Å². The molecule has 0 amide bonds. The highest BCUT2D eigenvalue weighted by Crippen LogP contribution is 2.22. The van der Waals surface area contributed by atoms with Crippen LogP contribution in [0.15, 0.2) is 18.2 Å². The largest absolute Gasteiger partial charge is 0.477 e. The normalized spacial score (nSPS) is 19.9. The van der Waals surface area contributed by atoms with Crippen LogP contribution >= 0.6 is 0 Å². The number of pyridine rings is 1. The smallest absolute Gasteiger partial charge is 0.354 e. The molecule has 0 aliphatic carbocycles. The first-order chi connectivity index (χ1) is 9.46. The van der Waals surface area contributed by atoms with E-state index >= 15 is 0 Å². The minimum Gasteiger partial charge on any atom is -0.477 e. The molecule has 6 heteroatoms. The molecule has 20 heavy (non-hydrogen) atoms. The predicted molar refractivity (Wildman–Crippen MR) is 72.9 cm³/mol. The van der Waals surface area contributed by atoms with Gasteiger partial charge in [-0.15, -0.1) is 0 Å². The second kappa shape index (κ2) is 7.21. The lowest BCUT2D eigenvalue weighted by molar-refractivity contribution is -0.141. The maximum absolute atomic E-state index is 10.7. The molecule has 1 unspecified atom stereocenters. The summed E-state index contributed by atoms with van der Waals surface area (Å²) in [6.45, 7) is 8.39. The van der Waals surface area contributed by atoms with Crippen LogP contribution in [-0.4, -0.2) is 41.2 Å². The summed E-state index contributed by atoms with van der Waals surface area (Å²) < 4.78 is 16.3. The Morgan fingerprint density at radius 3 is 2.75 bits per heavy atom.